The second kappa shape index (κ2) is 5.33. The van der Waals surface area contributed by atoms with Crippen molar-refractivity contribution in [2.75, 3.05) is 16.8 Å². The first kappa shape index (κ1) is 13.8. The minimum atomic E-state index is -1.43. The maximum atomic E-state index is 12.7. The quantitative estimate of drug-likeness (QED) is 0.880. The number of rotatable bonds is 2. The molecule has 2 amide bonds. The first-order valence-corrected chi connectivity index (χ1v) is 6.59. The molecule has 0 aromatic heterocycles. The number of benzene rings is 2. The molecule has 2 aromatic rings. The Balaban J connectivity index is 2.07. The Morgan fingerprint density at radius 2 is 1.64 bits per heavy atom. The van der Waals surface area contributed by atoms with Gasteiger partial charge in [0.15, 0.2) is 0 Å². The highest BCUT2D eigenvalue weighted by molar-refractivity contribution is 6.17. The van der Waals surface area contributed by atoms with Gasteiger partial charge < -0.3 is 15.2 Å². The van der Waals surface area contributed by atoms with Crippen LogP contribution in [0.15, 0.2) is 48.5 Å². The number of amides is 2. The molecule has 1 aliphatic rings. The van der Waals surface area contributed by atoms with Crippen LogP contribution in [0.1, 0.15) is 20.7 Å². The minimum absolute atomic E-state index is 0.00740. The van der Waals surface area contributed by atoms with Crippen molar-refractivity contribution in [3.05, 3.63) is 59.7 Å². The van der Waals surface area contributed by atoms with Gasteiger partial charge in [0.05, 0.1) is 17.3 Å². The molecule has 0 spiro atoms. The lowest BCUT2D eigenvalue weighted by molar-refractivity contribution is -0.255. The summed E-state index contributed by atoms with van der Waals surface area (Å²) in [7, 11) is 0. The molecule has 0 fully saturated rings. The van der Waals surface area contributed by atoms with Crippen molar-refractivity contribution < 1.29 is 19.5 Å². The lowest BCUT2D eigenvalue weighted by atomic mass is 10.0. The third-order valence-electron chi connectivity index (χ3n) is 3.39. The number of nitrogens with zero attached hydrogens (tertiary/aromatic N) is 1. The average Bonchev–Trinajstić information content (AvgIpc) is 2.53. The molecule has 1 aliphatic heterocycles. The van der Waals surface area contributed by atoms with Crippen molar-refractivity contribution in [1.82, 2.24) is 0 Å². The number of fused-ring (bicyclic) bond motifs is 1. The van der Waals surface area contributed by atoms with E-state index in [-0.39, 0.29) is 23.6 Å². The summed E-state index contributed by atoms with van der Waals surface area (Å²) >= 11 is 0. The zero-order valence-corrected chi connectivity index (χ0v) is 11.4. The number of hydrogen-bond donors (Lipinski definition) is 1. The third-order valence-corrected chi connectivity index (χ3v) is 3.39. The van der Waals surface area contributed by atoms with Gasteiger partial charge in [-0.1, -0.05) is 30.3 Å². The van der Waals surface area contributed by atoms with E-state index in [0.717, 1.165) is 0 Å². The number of carbonyl (C=O) groups is 3. The summed E-state index contributed by atoms with van der Waals surface area (Å²) in [6.07, 6.45) is 0. The topological polar surface area (TPSA) is 89.5 Å². The van der Waals surface area contributed by atoms with Gasteiger partial charge in [0, 0.05) is 11.1 Å². The second-order valence-corrected chi connectivity index (χ2v) is 4.79. The lowest BCUT2D eigenvalue weighted by Gasteiger charge is -2.29. The van der Waals surface area contributed by atoms with E-state index in [2.05, 4.69) is 5.32 Å². The van der Waals surface area contributed by atoms with Crippen LogP contribution in [0.4, 0.5) is 11.4 Å². The summed E-state index contributed by atoms with van der Waals surface area (Å²) in [6, 6.07) is 12.6. The zero-order chi connectivity index (χ0) is 15.7. The summed E-state index contributed by atoms with van der Waals surface area (Å²) in [5, 5.41) is 13.8. The molecule has 22 heavy (non-hydrogen) atoms. The van der Waals surface area contributed by atoms with Gasteiger partial charge in [-0.25, -0.2) is 0 Å². The van der Waals surface area contributed by atoms with Crippen LogP contribution in [-0.4, -0.2) is 24.3 Å². The summed E-state index contributed by atoms with van der Waals surface area (Å²) in [4.78, 5) is 36.9. The predicted molar refractivity (Wildman–Crippen MR) is 77.5 cm³/mol. The van der Waals surface area contributed by atoms with Crippen LogP contribution in [0.2, 0.25) is 0 Å². The van der Waals surface area contributed by atoms with Gasteiger partial charge in [-0.3, -0.25) is 14.5 Å². The SMILES string of the molecule is O=C1CN(C(=O)c2ccccc2C(=O)[O-])c2ccccc2N1. The number of anilines is 2. The molecule has 0 saturated carbocycles. The zero-order valence-electron chi connectivity index (χ0n) is 11.4. The fourth-order valence-electron chi connectivity index (χ4n) is 2.41. The van der Waals surface area contributed by atoms with Gasteiger partial charge in [-0.2, -0.15) is 0 Å². The lowest BCUT2D eigenvalue weighted by Crippen LogP contribution is -2.43. The fourth-order valence-corrected chi connectivity index (χ4v) is 2.41. The molecule has 0 saturated heterocycles. The molecule has 1 N–H and O–H groups in total. The van der Waals surface area contributed by atoms with E-state index in [1.807, 2.05) is 0 Å². The van der Waals surface area contributed by atoms with Gasteiger partial charge in [0.1, 0.15) is 6.54 Å². The van der Waals surface area contributed by atoms with E-state index in [9.17, 15) is 19.5 Å². The molecular weight excluding hydrogens is 284 g/mol. The Labute approximate surface area is 126 Å². The Bertz CT molecular complexity index is 785. The number of aromatic carboxylic acids is 1. The van der Waals surface area contributed by atoms with Crippen molar-refractivity contribution >= 4 is 29.2 Å². The van der Waals surface area contributed by atoms with Crippen molar-refractivity contribution in [2.45, 2.75) is 0 Å². The summed E-state index contributed by atoms with van der Waals surface area (Å²) in [6.45, 7) is -0.169. The molecule has 0 bridgehead atoms. The molecule has 6 nitrogen and oxygen atoms in total. The monoisotopic (exact) mass is 295 g/mol. The van der Waals surface area contributed by atoms with Gasteiger partial charge in [-0.05, 0) is 18.2 Å². The standard InChI is InChI=1S/C16H12N2O4/c19-14-9-18(13-8-4-3-7-12(13)17-14)15(20)10-5-1-2-6-11(10)16(21)22/h1-8H,9H2,(H,17,19)(H,21,22)/p-1. The Kier molecular flexibility index (Phi) is 3.34. The largest absolute Gasteiger partial charge is 0.545 e. The van der Waals surface area contributed by atoms with Crippen LogP contribution in [-0.2, 0) is 4.79 Å². The molecule has 0 radical (unpaired) electrons. The van der Waals surface area contributed by atoms with Crippen molar-refractivity contribution in [3.63, 3.8) is 0 Å². The number of carboxylic acid groups (broad SMARTS) is 1. The van der Waals surface area contributed by atoms with Gasteiger partial charge in [-0.15, -0.1) is 0 Å². The van der Waals surface area contributed by atoms with E-state index < -0.39 is 11.9 Å². The molecule has 110 valence electrons. The van der Waals surface area contributed by atoms with Crippen LogP contribution in [0.25, 0.3) is 0 Å². The molecule has 1 heterocycles. The van der Waals surface area contributed by atoms with Crippen LogP contribution >= 0.6 is 0 Å². The molecule has 3 rings (SSSR count). The smallest absolute Gasteiger partial charge is 0.259 e. The highest BCUT2D eigenvalue weighted by Gasteiger charge is 2.28. The Hall–Kier alpha value is -3.15. The van der Waals surface area contributed by atoms with Gasteiger partial charge >= 0.3 is 0 Å². The van der Waals surface area contributed by atoms with E-state index in [0.29, 0.717) is 11.4 Å². The average molecular weight is 295 g/mol. The summed E-state index contributed by atoms with van der Waals surface area (Å²) in [5.41, 5.74) is 0.834. The first-order valence-electron chi connectivity index (χ1n) is 6.59. The molecule has 0 atom stereocenters. The second-order valence-electron chi connectivity index (χ2n) is 4.79. The van der Waals surface area contributed by atoms with Crippen molar-refractivity contribution in [3.8, 4) is 0 Å². The van der Waals surface area contributed by atoms with Crippen LogP contribution in [0.5, 0.6) is 0 Å². The number of carboxylic acids is 1. The highest BCUT2D eigenvalue weighted by Crippen LogP contribution is 2.30. The van der Waals surface area contributed by atoms with E-state index in [1.54, 1.807) is 30.3 Å². The predicted octanol–water partition coefficient (Wildman–Crippen LogP) is 0.649. The van der Waals surface area contributed by atoms with E-state index in [1.165, 1.54) is 23.1 Å². The number of para-hydroxylation sites is 2. The highest BCUT2D eigenvalue weighted by atomic mass is 16.4. The molecule has 6 heteroatoms. The Morgan fingerprint density at radius 1 is 1.00 bits per heavy atom. The Morgan fingerprint density at radius 3 is 2.36 bits per heavy atom. The normalized spacial score (nSPS) is 13.3. The number of nitrogens with one attached hydrogen (secondary N) is 1. The first-order chi connectivity index (χ1) is 10.6. The minimum Gasteiger partial charge on any atom is -0.545 e. The van der Waals surface area contributed by atoms with Crippen LogP contribution in [0, 0.1) is 0 Å². The third kappa shape index (κ3) is 2.31. The maximum Gasteiger partial charge on any atom is 0.259 e. The number of hydrogen-bond acceptors (Lipinski definition) is 4. The maximum absolute atomic E-state index is 12.7. The molecular formula is C16H11N2O4-. The molecule has 0 unspecified atom stereocenters. The van der Waals surface area contributed by atoms with Crippen molar-refractivity contribution in [1.29, 1.82) is 0 Å². The van der Waals surface area contributed by atoms with Gasteiger partial charge in [0.25, 0.3) is 5.91 Å². The molecule has 2 aromatic carbocycles. The van der Waals surface area contributed by atoms with Crippen LogP contribution < -0.4 is 15.3 Å². The van der Waals surface area contributed by atoms with Crippen molar-refractivity contribution in [2.24, 2.45) is 0 Å². The summed E-state index contributed by atoms with van der Waals surface area (Å²) in [5.74, 6) is -2.32. The summed E-state index contributed by atoms with van der Waals surface area (Å²) < 4.78 is 0. The van der Waals surface area contributed by atoms with Gasteiger partial charge in [0.2, 0.25) is 5.91 Å². The number of carbonyl (C=O) groups excluding carboxylic acids is 3. The van der Waals surface area contributed by atoms with E-state index in [4.69, 9.17) is 0 Å². The molecule has 0 aliphatic carbocycles. The van der Waals surface area contributed by atoms with Crippen LogP contribution in [0.3, 0.4) is 0 Å². The fraction of sp³-hybridized carbons (Fsp3) is 0.0625. The van der Waals surface area contributed by atoms with E-state index >= 15 is 0 Å².